The minimum Gasteiger partial charge on any atom is -0.457 e. The van der Waals surface area contributed by atoms with Gasteiger partial charge in [-0.15, -0.1) is 11.6 Å². The zero-order valence-corrected chi connectivity index (χ0v) is 12.2. The monoisotopic (exact) mass is 302 g/mol. The molecular formula is C17H12Cl2O. The minimum atomic E-state index is 0.504. The highest BCUT2D eigenvalue weighted by Crippen LogP contribution is 2.34. The predicted molar refractivity (Wildman–Crippen MR) is 85.0 cm³/mol. The van der Waals surface area contributed by atoms with E-state index in [2.05, 4.69) is 0 Å². The molecule has 0 atom stereocenters. The molecule has 3 aromatic carbocycles. The first kappa shape index (κ1) is 13.3. The zero-order chi connectivity index (χ0) is 13.9. The average Bonchev–Trinajstić information content (AvgIpc) is 2.51. The van der Waals surface area contributed by atoms with Crippen molar-refractivity contribution in [2.45, 2.75) is 5.88 Å². The van der Waals surface area contributed by atoms with Gasteiger partial charge in [-0.05, 0) is 29.8 Å². The van der Waals surface area contributed by atoms with Crippen molar-refractivity contribution >= 4 is 34.0 Å². The molecule has 0 N–H and O–H groups in total. The van der Waals surface area contributed by atoms with Gasteiger partial charge in [0.2, 0.25) is 0 Å². The van der Waals surface area contributed by atoms with E-state index in [0.717, 1.165) is 32.9 Å². The van der Waals surface area contributed by atoms with Gasteiger partial charge in [0, 0.05) is 21.7 Å². The van der Waals surface area contributed by atoms with E-state index in [0.29, 0.717) is 5.88 Å². The average molecular weight is 303 g/mol. The fourth-order valence-electron chi connectivity index (χ4n) is 2.10. The Morgan fingerprint density at radius 3 is 2.20 bits per heavy atom. The highest BCUT2D eigenvalue weighted by Gasteiger charge is 2.06. The van der Waals surface area contributed by atoms with Crippen molar-refractivity contribution in [2.75, 3.05) is 0 Å². The van der Waals surface area contributed by atoms with Gasteiger partial charge in [0.15, 0.2) is 0 Å². The van der Waals surface area contributed by atoms with Gasteiger partial charge in [0.05, 0.1) is 0 Å². The van der Waals surface area contributed by atoms with E-state index in [-0.39, 0.29) is 0 Å². The van der Waals surface area contributed by atoms with Crippen LogP contribution in [-0.2, 0) is 5.88 Å². The fourth-order valence-corrected chi connectivity index (χ4v) is 2.50. The lowest BCUT2D eigenvalue weighted by Gasteiger charge is -2.10. The van der Waals surface area contributed by atoms with Crippen LogP contribution in [0.1, 0.15) is 5.56 Å². The summed E-state index contributed by atoms with van der Waals surface area (Å²) in [5.74, 6) is 2.08. The van der Waals surface area contributed by atoms with Crippen molar-refractivity contribution in [2.24, 2.45) is 0 Å². The number of halogens is 2. The van der Waals surface area contributed by atoms with Crippen LogP contribution in [0.5, 0.6) is 11.5 Å². The molecule has 3 rings (SSSR count). The van der Waals surface area contributed by atoms with Gasteiger partial charge in [-0.2, -0.15) is 0 Å². The van der Waals surface area contributed by atoms with Gasteiger partial charge in [-0.1, -0.05) is 48.0 Å². The lowest BCUT2D eigenvalue weighted by atomic mass is 10.1. The van der Waals surface area contributed by atoms with Crippen molar-refractivity contribution in [3.8, 4) is 11.5 Å². The molecule has 0 saturated carbocycles. The lowest BCUT2D eigenvalue weighted by Crippen LogP contribution is -1.87. The summed E-state index contributed by atoms with van der Waals surface area (Å²) in [6.45, 7) is 0. The molecular weight excluding hydrogens is 291 g/mol. The Morgan fingerprint density at radius 1 is 0.800 bits per heavy atom. The molecule has 0 aromatic heterocycles. The number of benzene rings is 3. The predicted octanol–water partition coefficient (Wildman–Crippen LogP) is 6.02. The Hall–Kier alpha value is -1.70. The standard InChI is InChI=1S/C17H12Cl2O/c18-11-12-5-7-13(8-6-12)20-17-10-9-16(19)14-3-1-2-4-15(14)17/h1-10H,11H2. The molecule has 0 spiro atoms. The van der Waals surface area contributed by atoms with Crippen molar-refractivity contribution in [3.05, 3.63) is 71.2 Å². The SMILES string of the molecule is ClCc1ccc(Oc2ccc(Cl)c3ccccc23)cc1. The van der Waals surface area contributed by atoms with E-state index in [1.807, 2.05) is 60.7 Å². The molecule has 0 fully saturated rings. The molecule has 0 radical (unpaired) electrons. The number of hydrogen-bond donors (Lipinski definition) is 0. The number of ether oxygens (including phenoxy) is 1. The quantitative estimate of drug-likeness (QED) is 0.537. The Bertz CT molecular complexity index is 736. The Kier molecular flexibility index (Phi) is 3.81. The van der Waals surface area contributed by atoms with E-state index in [4.69, 9.17) is 27.9 Å². The molecule has 100 valence electrons. The topological polar surface area (TPSA) is 9.23 Å². The third-order valence-electron chi connectivity index (χ3n) is 3.14. The number of alkyl halides is 1. The van der Waals surface area contributed by atoms with E-state index >= 15 is 0 Å². The summed E-state index contributed by atoms with van der Waals surface area (Å²) < 4.78 is 5.94. The van der Waals surface area contributed by atoms with Crippen molar-refractivity contribution < 1.29 is 4.74 Å². The second-order valence-corrected chi connectivity index (χ2v) is 5.15. The number of hydrogen-bond acceptors (Lipinski definition) is 1. The lowest BCUT2D eigenvalue weighted by molar-refractivity contribution is 0.488. The molecule has 0 amide bonds. The number of fused-ring (bicyclic) bond motifs is 1. The maximum atomic E-state index is 6.20. The molecule has 0 aliphatic heterocycles. The van der Waals surface area contributed by atoms with Gasteiger partial charge in [0.1, 0.15) is 11.5 Å². The Labute approximate surface area is 127 Å². The normalized spacial score (nSPS) is 10.7. The highest BCUT2D eigenvalue weighted by atomic mass is 35.5. The van der Waals surface area contributed by atoms with E-state index < -0.39 is 0 Å². The number of rotatable bonds is 3. The summed E-state index contributed by atoms with van der Waals surface area (Å²) in [7, 11) is 0. The van der Waals surface area contributed by atoms with Crippen LogP contribution in [0.2, 0.25) is 5.02 Å². The van der Waals surface area contributed by atoms with E-state index in [1.165, 1.54) is 0 Å². The van der Waals surface area contributed by atoms with Crippen LogP contribution in [0.25, 0.3) is 10.8 Å². The maximum Gasteiger partial charge on any atom is 0.135 e. The van der Waals surface area contributed by atoms with Crippen LogP contribution in [-0.4, -0.2) is 0 Å². The molecule has 3 aromatic rings. The van der Waals surface area contributed by atoms with Crippen LogP contribution < -0.4 is 4.74 Å². The Balaban J connectivity index is 2.00. The van der Waals surface area contributed by atoms with Crippen LogP contribution in [0.4, 0.5) is 0 Å². The summed E-state index contributed by atoms with van der Waals surface area (Å²) in [4.78, 5) is 0. The first-order chi connectivity index (χ1) is 9.78. The van der Waals surface area contributed by atoms with Gasteiger partial charge in [-0.3, -0.25) is 0 Å². The smallest absolute Gasteiger partial charge is 0.135 e. The van der Waals surface area contributed by atoms with E-state index in [1.54, 1.807) is 0 Å². The first-order valence-electron chi connectivity index (χ1n) is 6.28. The van der Waals surface area contributed by atoms with Crippen LogP contribution in [0, 0.1) is 0 Å². The maximum absolute atomic E-state index is 6.20. The molecule has 1 nitrogen and oxygen atoms in total. The summed E-state index contributed by atoms with van der Waals surface area (Å²) in [5.41, 5.74) is 1.07. The summed E-state index contributed by atoms with van der Waals surface area (Å²) in [6, 6.07) is 19.4. The molecule has 3 heteroatoms. The molecule has 0 heterocycles. The summed E-state index contributed by atoms with van der Waals surface area (Å²) in [5, 5.41) is 2.72. The minimum absolute atomic E-state index is 0.504. The largest absolute Gasteiger partial charge is 0.457 e. The van der Waals surface area contributed by atoms with Gasteiger partial charge in [-0.25, -0.2) is 0 Å². The molecule has 0 bridgehead atoms. The summed E-state index contributed by atoms with van der Waals surface area (Å²) >= 11 is 12.0. The third-order valence-corrected chi connectivity index (χ3v) is 3.77. The van der Waals surface area contributed by atoms with E-state index in [9.17, 15) is 0 Å². The fraction of sp³-hybridized carbons (Fsp3) is 0.0588. The zero-order valence-electron chi connectivity index (χ0n) is 10.6. The summed E-state index contributed by atoms with van der Waals surface area (Å²) in [6.07, 6.45) is 0. The first-order valence-corrected chi connectivity index (χ1v) is 7.19. The molecule has 0 aliphatic rings. The van der Waals surface area contributed by atoms with Gasteiger partial charge in [0.25, 0.3) is 0 Å². The van der Waals surface area contributed by atoms with Crippen molar-refractivity contribution in [1.29, 1.82) is 0 Å². The van der Waals surface area contributed by atoms with Crippen LogP contribution in [0.3, 0.4) is 0 Å². The second-order valence-electron chi connectivity index (χ2n) is 4.47. The molecule has 20 heavy (non-hydrogen) atoms. The molecule has 0 aliphatic carbocycles. The van der Waals surface area contributed by atoms with Crippen molar-refractivity contribution in [3.63, 3.8) is 0 Å². The third kappa shape index (κ3) is 2.60. The molecule has 0 unspecified atom stereocenters. The van der Waals surface area contributed by atoms with Gasteiger partial charge >= 0.3 is 0 Å². The van der Waals surface area contributed by atoms with Crippen molar-refractivity contribution in [1.82, 2.24) is 0 Å². The van der Waals surface area contributed by atoms with Gasteiger partial charge < -0.3 is 4.74 Å². The van der Waals surface area contributed by atoms with Crippen LogP contribution >= 0.6 is 23.2 Å². The van der Waals surface area contributed by atoms with Crippen LogP contribution in [0.15, 0.2) is 60.7 Å². The highest BCUT2D eigenvalue weighted by molar-refractivity contribution is 6.35. The Morgan fingerprint density at radius 2 is 1.50 bits per heavy atom. The second kappa shape index (κ2) is 5.74. The molecule has 0 saturated heterocycles.